The smallest absolute Gasteiger partial charge is 0.138 e. The minimum atomic E-state index is -0.255. The van der Waals surface area contributed by atoms with Crippen molar-refractivity contribution in [1.29, 1.82) is 0 Å². The number of halogens is 1. The van der Waals surface area contributed by atoms with E-state index in [2.05, 4.69) is 15.0 Å². The van der Waals surface area contributed by atoms with Crippen LogP contribution in [0, 0.1) is 12.7 Å². The van der Waals surface area contributed by atoms with E-state index in [4.69, 9.17) is 4.74 Å². The molecule has 3 aromatic heterocycles. The van der Waals surface area contributed by atoms with E-state index in [0.717, 1.165) is 33.7 Å². The maximum Gasteiger partial charge on any atom is 0.138 e. The number of pyridine rings is 2. The predicted molar refractivity (Wildman–Crippen MR) is 93.3 cm³/mol. The maximum atomic E-state index is 13.4. The first-order valence-corrected chi connectivity index (χ1v) is 7.76. The van der Waals surface area contributed by atoms with Crippen LogP contribution in [0.5, 0.6) is 5.75 Å². The SMILES string of the molecule is COc1ccc(-n2cnc3cnc(-c4ccc(F)cc4C)cc32)nc1. The molecule has 25 heavy (non-hydrogen) atoms. The summed E-state index contributed by atoms with van der Waals surface area (Å²) in [5.74, 6) is 1.17. The molecule has 5 nitrogen and oxygen atoms in total. The lowest BCUT2D eigenvalue weighted by atomic mass is 10.0. The van der Waals surface area contributed by atoms with Gasteiger partial charge in [0, 0.05) is 5.56 Å². The van der Waals surface area contributed by atoms with Gasteiger partial charge >= 0.3 is 0 Å². The minimum absolute atomic E-state index is 0.255. The van der Waals surface area contributed by atoms with Gasteiger partial charge in [-0.25, -0.2) is 14.4 Å². The Bertz CT molecular complexity index is 1060. The lowest BCUT2D eigenvalue weighted by Crippen LogP contribution is -1.97. The molecule has 0 unspecified atom stereocenters. The zero-order chi connectivity index (χ0) is 17.4. The minimum Gasteiger partial charge on any atom is -0.495 e. The van der Waals surface area contributed by atoms with Gasteiger partial charge in [-0.05, 0) is 48.9 Å². The Balaban J connectivity index is 1.84. The molecule has 4 aromatic rings. The van der Waals surface area contributed by atoms with Crippen LogP contribution >= 0.6 is 0 Å². The van der Waals surface area contributed by atoms with Crippen LogP contribution in [0.4, 0.5) is 4.39 Å². The molecule has 0 aliphatic heterocycles. The molecule has 0 aliphatic rings. The van der Waals surface area contributed by atoms with Crippen molar-refractivity contribution in [3.05, 3.63) is 66.5 Å². The summed E-state index contributed by atoms with van der Waals surface area (Å²) in [6.07, 6.45) is 5.09. The highest BCUT2D eigenvalue weighted by Gasteiger charge is 2.10. The summed E-state index contributed by atoms with van der Waals surface area (Å²) in [5.41, 5.74) is 4.13. The fraction of sp³-hybridized carbons (Fsp3) is 0.105. The number of hydrogen-bond donors (Lipinski definition) is 0. The van der Waals surface area contributed by atoms with E-state index < -0.39 is 0 Å². The Morgan fingerprint density at radius 2 is 1.88 bits per heavy atom. The molecule has 0 N–H and O–H groups in total. The van der Waals surface area contributed by atoms with Crippen molar-refractivity contribution >= 4 is 11.0 Å². The molecule has 0 fully saturated rings. The first kappa shape index (κ1) is 15.3. The van der Waals surface area contributed by atoms with Crippen molar-refractivity contribution in [2.45, 2.75) is 6.92 Å². The third-order valence-corrected chi connectivity index (χ3v) is 4.10. The van der Waals surface area contributed by atoms with Gasteiger partial charge in [0.05, 0.1) is 30.7 Å². The summed E-state index contributed by atoms with van der Waals surface area (Å²) in [4.78, 5) is 13.2. The molecule has 124 valence electrons. The van der Waals surface area contributed by atoms with Crippen LogP contribution in [-0.2, 0) is 0 Å². The Morgan fingerprint density at radius 3 is 2.60 bits per heavy atom. The summed E-state index contributed by atoms with van der Waals surface area (Å²) in [5, 5.41) is 0. The number of aryl methyl sites for hydroxylation is 1. The van der Waals surface area contributed by atoms with Gasteiger partial charge < -0.3 is 4.74 Å². The van der Waals surface area contributed by atoms with Gasteiger partial charge in [-0.15, -0.1) is 0 Å². The molecule has 0 saturated heterocycles. The van der Waals surface area contributed by atoms with Gasteiger partial charge in [0.2, 0.25) is 0 Å². The maximum absolute atomic E-state index is 13.4. The van der Waals surface area contributed by atoms with E-state index in [9.17, 15) is 4.39 Å². The van der Waals surface area contributed by atoms with Gasteiger partial charge in [0.1, 0.15) is 29.2 Å². The molecule has 0 aliphatic carbocycles. The number of methoxy groups -OCH3 is 1. The Hall–Kier alpha value is -3.28. The second-order valence-corrected chi connectivity index (χ2v) is 5.69. The number of fused-ring (bicyclic) bond motifs is 1. The summed E-state index contributed by atoms with van der Waals surface area (Å²) >= 11 is 0. The van der Waals surface area contributed by atoms with Crippen molar-refractivity contribution in [3.63, 3.8) is 0 Å². The van der Waals surface area contributed by atoms with Gasteiger partial charge in [-0.1, -0.05) is 0 Å². The highest BCUT2D eigenvalue weighted by molar-refractivity contribution is 5.81. The highest BCUT2D eigenvalue weighted by Crippen LogP contribution is 2.26. The normalized spacial score (nSPS) is 11.0. The lowest BCUT2D eigenvalue weighted by Gasteiger charge is -2.07. The van der Waals surface area contributed by atoms with Crippen molar-refractivity contribution < 1.29 is 9.13 Å². The van der Waals surface area contributed by atoms with Crippen molar-refractivity contribution in [2.75, 3.05) is 7.11 Å². The molecular formula is C19H15FN4O. The molecule has 4 rings (SSSR count). The van der Waals surface area contributed by atoms with Crippen LogP contribution in [-0.4, -0.2) is 26.6 Å². The quantitative estimate of drug-likeness (QED) is 0.569. The molecule has 0 atom stereocenters. The van der Waals surface area contributed by atoms with Crippen LogP contribution in [0.25, 0.3) is 28.1 Å². The third-order valence-electron chi connectivity index (χ3n) is 4.10. The zero-order valence-corrected chi connectivity index (χ0v) is 13.8. The van der Waals surface area contributed by atoms with Crippen LogP contribution < -0.4 is 4.74 Å². The Labute approximate surface area is 143 Å². The topological polar surface area (TPSA) is 52.8 Å². The fourth-order valence-corrected chi connectivity index (χ4v) is 2.79. The molecular weight excluding hydrogens is 319 g/mol. The number of benzene rings is 1. The van der Waals surface area contributed by atoms with Crippen molar-refractivity contribution in [2.24, 2.45) is 0 Å². The molecule has 0 amide bonds. The third kappa shape index (κ3) is 2.71. The fourth-order valence-electron chi connectivity index (χ4n) is 2.79. The number of nitrogens with zero attached hydrogens (tertiary/aromatic N) is 4. The molecule has 0 saturated carbocycles. The molecule has 1 aromatic carbocycles. The van der Waals surface area contributed by atoms with Gasteiger partial charge in [-0.2, -0.15) is 0 Å². The Morgan fingerprint density at radius 1 is 1.00 bits per heavy atom. The van der Waals surface area contributed by atoms with E-state index in [1.54, 1.807) is 31.9 Å². The van der Waals surface area contributed by atoms with Crippen LogP contribution in [0.3, 0.4) is 0 Å². The zero-order valence-electron chi connectivity index (χ0n) is 13.8. The number of hydrogen-bond acceptors (Lipinski definition) is 4. The number of ether oxygens (including phenoxy) is 1. The lowest BCUT2D eigenvalue weighted by molar-refractivity contribution is 0.413. The van der Waals surface area contributed by atoms with Crippen LogP contribution in [0.15, 0.2) is 55.1 Å². The van der Waals surface area contributed by atoms with Crippen molar-refractivity contribution in [3.8, 4) is 22.8 Å². The molecule has 0 radical (unpaired) electrons. The summed E-state index contributed by atoms with van der Waals surface area (Å²) in [7, 11) is 1.60. The second-order valence-electron chi connectivity index (χ2n) is 5.69. The standard InChI is InChI=1S/C19H15FN4O/c1-12-7-13(20)3-5-15(12)16-8-18-17(10-21-16)23-11-24(18)19-6-4-14(25-2)9-22-19/h3-11H,1-2H3. The molecule has 6 heteroatoms. The van der Waals surface area contributed by atoms with Crippen LogP contribution in [0.1, 0.15) is 5.56 Å². The largest absolute Gasteiger partial charge is 0.495 e. The molecule has 3 heterocycles. The first-order valence-electron chi connectivity index (χ1n) is 7.76. The Kier molecular flexibility index (Phi) is 3.65. The van der Waals surface area contributed by atoms with Gasteiger partial charge in [0.25, 0.3) is 0 Å². The van der Waals surface area contributed by atoms with E-state index in [1.807, 2.05) is 29.7 Å². The van der Waals surface area contributed by atoms with E-state index in [0.29, 0.717) is 5.75 Å². The monoisotopic (exact) mass is 334 g/mol. The van der Waals surface area contributed by atoms with E-state index in [1.165, 1.54) is 12.1 Å². The average molecular weight is 334 g/mol. The van der Waals surface area contributed by atoms with E-state index >= 15 is 0 Å². The average Bonchev–Trinajstić information content (AvgIpc) is 3.05. The van der Waals surface area contributed by atoms with Gasteiger partial charge in [0.15, 0.2) is 0 Å². The summed E-state index contributed by atoms with van der Waals surface area (Å²) in [6.45, 7) is 1.87. The first-order chi connectivity index (χ1) is 12.2. The predicted octanol–water partition coefficient (Wildman–Crippen LogP) is 3.94. The summed E-state index contributed by atoms with van der Waals surface area (Å²) in [6, 6.07) is 10.3. The van der Waals surface area contributed by atoms with Gasteiger partial charge in [-0.3, -0.25) is 9.55 Å². The second kappa shape index (κ2) is 5.98. The van der Waals surface area contributed by atoms with E-state index in [-0.39, 0.29) is 5.82 Å². The van der Waals surface area contributed by atoms with Crippen molar-refractivity contribution in [1.82, 2.24) is 19.5 Å². The molecule has 0 spiro atoms. The highest BCUT2D eigenvalue weighted by atomic mass is 19.1. The summed E-state index contributed by atoms with van der Waals surface area (Å²) < 4.78 is 20.4. The number of rotatable bonds is 3. The van der Waals surface area contributed by atoms with Crippen LogP contribution in [0.2, 0.25) is 0 Å². The number of aromatic nitrogens is 4. The number of imidazole rings is 1. The molecule has 0 bridgehead atoms.